The summed E-state index contributed by atoms with van der Waals surface area (Å²) in [6.45, 7) is 7.27. The van der Waals surface area contributed by atoms with Crippen LogP contribution in [-0.2, 0) is 6.54 Å². The Morgan fingerprint density at radius 3 is 2.33 bits per heavy atom. The molecule has 1 aliphatic heterocycles. The van der Waals surface area contributed by atoms with E-state index in [9.17, 15) is 0 Å². The third kappa shape index (κ3) is 5.07. The van der Waals surface area contributed by atoms with E-state index >= 15 is 0 Å². The number of benzene rings is 2. The monoisotopic (exact) mass is 319 g/mol. The van der Waals surface area contributed by atoms with Gasteiger partial charge in [-0.05, 0) is 24.1 Å². The highest BCUT2D eigenvalue weighted by atomic mass is 15.5. The number of hydrogen-bond acceptors (Lipinski definition) is 3. The lowest BCUT2D eigenvalue weighted by molar-refractivity contribution is 0.131. The smallest absolute Gasteiger partial charge is 0.0488 e. The highest BCUT2D eigenvalue weighted by Gasteiger charge is 2.14. The molecule has 1 fully saturated rings. The predicted octanol–water partition coefficient (Wildman–Crippen LogP) is 3.81. The maximum absolute atomic E-state index is 4.55. The first kappa shape index (κ1) is 16.5. The van der Waals surface area contributed by atoms with E-state index in [1.807, 2.05) is 30.5 Å². The van der Waals surface area contributed by atoms with Gasteiger partial charge in [-0.3, -0.25) is 9.91 Å². The zero-order valence-electron chi connectivity index (χ0n) is 14.3. The molecule has 0 aliphatic carbocycles. The van der Waals surface area contributed by atoms with Crippen molar-refractivity contribution >= 4 is 12.3 Å². The van der Waals surface area contributed by atoms with E-state index in [0.717, 1.165) is 32.7 Å². The quantitative estimate of drug-likeness (QED) is 0.780. The molecule has 3 rings (SSSR count). The first-order valence-electron chi connectivity index (χ1n) is 8.58. The van der Waals surface area contributed by atoms with E-state index in [-0.39, 0.29) is 0 Å². The molecule has 1 heterocycles. The molecule has 0 unspecified atom stereocenters. The maximum Gasteiger partial charge on any atom is 0.0488 e. The largest absolute Gasteiger partial charge is 0.295 e. The molecule has 3 nitrogen and oxygen atoms in total. The van der Waals surface area contributed by atoms with Crippen LogP contribution in [0.25, 0.3) is 6.08 Å². The van der Waals surface area contributed by atoms with Crippen molar-refractivity contribution in [3.8, 4) is 0 Å². The van der Waals surface area contributed by atoms with Gasteiger partial charge >= 0.3 is 0 Å². The Morgan fingerprint density at radius 1 is 0.917 bits per heavy atom. The zero-order chi connectivity index (χ0) is 16.6. The molecule has 0 N–H and O–H groups in total. The van der Waals surface area contributed by atoms with E-state index in [0.29, 0.717) is 0 Å². The molecule has 0 atom stereocenters. The Hall–Kier alpha value is -2.39. The molecular formula is C21H25N3. The molecule has 0 amide bonds. The summed E-state index contributed by atoms with van der Waals surface area (Å²) in [6, 6.07) is 19.1. The van der Waals surface area contributed by atoms with Crippen molar-refractivity contribution in [2.24, 2.45) is 5.10 Å². The lowest BCUT2D eigenvalue weighted by atomic mass is 10.1. The number of piperazine rings is 1. The minimum absolute atomic E-state index is 0.988. The van der Waals surface area contributed by atoms with Crippen molar-refractivity contribution < 1.29 is 0 Å². The van der Waals surface area contributed by atoms with Crippen molar-refractivity contribution in [2.75, 3.05) is 26.2 Å². The van der Waals surface area contributed by atoms with Gasteiger partial charge in [0.05, 0.1) is 0 Å². The molecule has 0 saturated carbocycles. The molecular weight excluding hydrogens is 294 g/mol. The SMILES string of the molecule is Cc1ccc(CN2CCN(/N=C/C=C/c3ccccc3)CC2)cc1. The van der Waals surface area contributed by atoms with Gasteiger partial charge in [0.1, 0.15) is 0 Å². The van der Waals surface area contributed by atoms with Crippen LogP contribution >= 0.6 is 0 Å². The first-order chi connectivity index (χ1) is 11.8. The first-order valence-corrected chi connectivity index (χ1v) is 8.58. The molecule has 2 aromatic carbocycles. The second-order valence-corrected chi connectivity index (χ2v) is 6.25. The fourth-order valence-electron chi connectivity index (χ4n) is 2.81. The second kappa shape index (κ2) is 8.46. The molecule has 2 aromatic rings. The Labute approximate surface area is 144 Å². The Bertz CT molecular complexity index is 666. The lowest BCUT2D eigenvalue weighted by Crippen LogP contribution is -2.43. The van der Waals surface area contributed by atoms with Gasteiger partial charge < -0.3 is 0 Å². The van der Waals surface area contributed by atoms with Gasteiger partial charge in [-0.2, -0.15) is 5.10 Å². The van der Waals surface area contributed by atoms with Gasteiger partial charge in [-0.15, -0.1) is 0 Å². The summed E-state index contributed by atoms with van der Waals surface area (Å²) in [5.41, 5.74) is 3.91. The van der Waals surface area contributed by atoms with Crippen molar-refractivity contribution in [3.05, 3.63) is 77.4 Å². The Balaban J connectivity index is 1.42. The van der Waals surface area contributed by atoms with Crippen molar-refractivity contribution in [1.29, 1.82) is 0 Å². The normalized spacial score (nSPS) is 16.3. The fourth-order valence-corrected chi connectivity index (χ4v) is 2.81. The van der Waals surface area contributed by atoms with Gasteiger partial charge in [-0.25, -0.2) is 0 Å². The molecule has 1 saturated heterocycles. The molecule has 3 heteroatoms. The number of aryl methyl sites for hydroxylation is 1. The molecule has 0 radical (unpaired) electrons. The van der Waals surface area contributed by atoms with Gasteiger partial charge in [0.25, 0.3) is 0 Å². The standard InChI is InChI=1S/C21H25N3/c1-19-9-11-21(12-10-19)18-23-14-16-24(17-15-23)22-13-5-8-20-6-3-2-4-7-20/h2-13H,14-18H2,1H3/b8-5+,22-13+. The summed E-state index contributed by atoms with van der Waals surface area (Å²) in [6.07, 6.45) is 5.98. The highest BCUT2D eigenvalue weighted by molar-refractivity contribution is 5.77. The van der Waals surface area contributed by atoms with E-state index in [1.54, 1.807) is 0 Å². The number of hydrazone groups is 1. The average Bonchev–Trinajstić information content (AvgIpc) is 2.63. The maximum atomic E-state index is 4.55. The molecule has 0 spiro atoms. The Kier molecular flexibility index (Phi) is 5.80. The van der Waals surface area contributed by atoms with Crippen LogP contribution in [0.1, 0.15) is 16.7 Å². The number of hydrogen-bond donors (Lipinski definition) is 0. The van der Waals surface area contributed by atoms with E-state index in [2.05, 4.69) is 64.4 Å². The van der Waals surface area contributed by atoms with Crippen LogP contribution in [0, 0.1) is 6.92 Å². The van der Waals surface area contributed by atoms with Crippen molar-refractivity contribution in [1.82, 2.24) is 9.91 Å². The summed E-state index contributed by atoms with van der Waals surface area (Å²) < 4.78 is 0. The fraction of sp³-hybridized carbons (Fsp3) is 0.286. The summed E-state index contributed by atoms with van der Waals surface area (Å²) in [5, 5.41) is 6.70. The van der Waals surface area contributed by atoms with Crippen LogP contribution in [0.4, 0.5) is 0 Å². The van der Waals surface area contributed by atoms with Crippen LogP contribution in [0.15, 0.2) is 65.8 Å². The van der Waals surface area contributed by atoms with Gasteiger partial charge in [0, 0.05) is 38.9 Å². The third-order valence-electron chi connectivity index (χ3n) is 4.28. The van der Waals surface area contributed by atoms with Crippen LogP contribution in [0.2, 0.25) is 0 Å². The van der Waals surface area contributed by atoms with Crippen LogP contribution in [-0.4, -0.2) is 42.3 Å². The van der Waals surface area contributed by atoms with Gasteiger partial charge in [0.2, 0.25) is 0 Å². The topological polar surface area (TPSA) is 18.8 Å². The van der Waals surface area contributed by atoms with Crippen LogP contribution in [0.3, 0.4) is 0 Å². The van der Waals surface area contributed by atoms with Gasteiger partial charge in [0.15, 0.2) is 0 Å². The summed E-state index contributed by atoms with van der Waals surface area (Å²) in [4.78, 5) is 2.50. The molecule has 0 bridgehead atoms. The molecule has 24 heavy (non-hydrogen) atoms. The van der Waals surface area contributed by atoms with E-state index < -0.39 is 0 Å². The molecule has 124 valence electrons. The minimum Gasteiger partial charge on any atom is -0.295 e. The number of nitrogens with zero attached hydrogens (tertiary/aromatic N) is 3. The number of rotatable bonds is 5. The molecule has 1 aliphatic rings. The van der Waals surface area contributed by atoms with Gasteiger partial charge in [-0.1, -0.05) is 66.2 Å². The highest BCUT2D eigenvalue weighted by Crippen LogP contribution is 2.10. The molecule has 0 aromatic heterocycles. The van der Waals surface area contributed by atoms with Crippen molar-refractivity contribution in [3.63, 3.8) is 0 Å². The Morgan fingerprint density at radius 2 is 1.62 bits per heavy atom. The average molecular weight is 319 g/mol. The van der Waals surface area contributed by atoms with Crippen LogP contribution < -0.4 is 0 Å². The van der Waals surface area contributed by atoms with E-state index in [1.165, 1.54) is 16.7 Å². The van der Waals surface area contributed by atoms with Crippen molar-refractivity contribution in [2.45, 2.75) is 13.5 Å². The minimum atomic E-state index is 0.988. The second-order valence-electron chi connectivity index (χ2n) is 6.25. The lowest BCUT2D eigenvalue weighted by Gasteiger charge is -2.33. The number of allylic oxidation sites excluding steroid dienone is 1. The third-order valence-corrected chi connectivity index (χ3v) is 4.28. The zero-order valence-corrected chi connectivity index (χ0v) is 14.3. The summed E-state index contributed by atoms with van der Waals surface area (Å²) >= 11 is 0. The van der Waals surface area contributed by atoms with E-state index in [4.69, 9.17) is 0 Å². The predicted molar refractivity (Wildman–Crippen MR) is 102 cm³/mol. The summed E-state index contributed by atoms with van der Waals surface area (Å²) in [7, 11) is 0. The van der Waals surface area contributed by atoms with Crippen LogP contribution in [0.5, 0.6) is 0 Å². The summed E-state index contributed by atoms with van der Waals surface area (Å²) in [5.74, 6) is 0.